The summed E-state index contributed by atoms with van der Waals surface area (Å²) in [6.45, 7) is 0.187. The summed E-state index contributed by atoms with van der Waals surface area (Å²) in [4.78, 5) is 3.51. The van der Waals surface area contributed by atoms with Crippen molar-refractivity contribution >= 4 is 28.3 Å². The fourth-order valence-corrected chi connectivity index (χ4v) is 0.881. The first kappa shape index (κ1) is 10.8. The van der Waals surface area contributed by atoms with Gasteiger partial charge >= 0.3 is 0 Å². The van der Waals surface area contributed by atoms with Gasteiger partial charge < -0.3 is 5.73 Å². The molecule has 11 heavy (non-hydrogen) atoms. The smallest absolute Gasteiger partial charge is 0.218 e. The Morgan fingerprint density at radius 3 is 2.64 bits per heavy atom. The summed E-state index contributed by atoms with van der Waals surface area (Å²) in [6.07, 6.45) is 0. The van der Waals surface area contributed by atoms with Gasteiger partial charge in [-0.2, -0.15) is 4.39 Å². The van der Waals surface area contributed by atoms with E-state index in [4.69, 9.17) is 5.73 Å². The maximum absolute atomic E-state index is 12.6. The molecule has 0 fully saturated rings. The predicted molar refractivity (Wildman–Crippen MR) is 47.0 cm³/mol. The zero-order valence-corrected chi connectivity index (χ0v) is 7.95. The highest BCUT2D eigenvalue weighted by Gasteiger charge is 2.00. The first-order chi connectivity index (χ1) is 4.74. The second-order valence-corrected chi connectivity index (χ2v) is 2.60. The number of hydrogen-bond acceptors (Lipinski definition) is 2. The third-order valence-corrected chi connectivity index (χ3v) is 1.55. The number of aromatic nitrogens is 1. The lowest BCUT2D eigenvalue weighted by molar-refractivity contribution is 0.564. The molecule has 1 aromatic rings. The Bertz CT molecular complexity index is 244. The van der Waals surface area contributed by atoms with E-state index < -0.39 is 5.95 Å². The molecular weight excluding hydrogens is 234 g/mol. The highest BCUT2D eigenvalue weighted by atomic mass is 79.9. The monoisotopic (exact) mass is 240 g/mol. The highest BCUT2D eigenvalue weighted by Crippen LogP contribution is 2.09. The van der Waals surface area contributed by atoms with Gasteiger partial charge in [-0.05, 0) is 22.0 Å². The highest BCUT2D eigenvalue weighted by molar-refractivity contribution is 9.10. The molecule has 1 aromatic heterocycles. The van der Waals surface area contributed by atoms with E-state index in [0.29, 0.717) is 10.2 Å². The number of nitrogens with two attached hydrogens (primary N) is 1. The van der Waals surface area contributed by atoms with E-state index in [1.54, 1.807) is 12.1 Å². The van der Waals surface area contributed by atoms with E-state index in [0.717, 1.165) is 0 Å². The van der Waals surface area contributed by atoms with Crippen LogP contribution in [0.3, 0.4) is 0 Å². The van der Waals surface area contributed by atoms with Gasteiger partial charge in [-0.25, -0.2) is 4.98 Å². The SMILES string of the molecule is Cl.NCc1ccc(Br)nc1F. The number of rotatable bonds is 1. The second kappa shape index (κ2) is 4.64. The van der Waals surface area contributed by atoms with Crippen LogP contribution >= 0.6 is 28.3 Å². The molecule has 2 nitrogen and oxygen atoms in total. The molecule has 0 aromatic carbocycles. The van der Waals surface area contributed by atoms with Gasteiger partial charge in [0, 0.05) is 12.1 Å². The molecule has 0 unspecified atom stereocenters. The summed E-state index contributed by atoms with van der Waals surface area (Å²) < 4.78 is 13.1. The zero-order valence-electron chi connectivity index (χ0n) is 5.55. The first-order valence-electron chi connectivity index (χ1n) is 2.75. The molecular formula is C6H7BrClFN2. The lowest BCUT2D eigenvalue weighted by Gasteiger charge is -1.96. The van der Waals surface area contributed by atoms with Gasteiger partial charge in [-0.1, -0.05) is 6.07 Å². The summed E-state index contributed by atoms with van der Waals surface area (Å²) in [5.41, 5.74) is 5.64. The zero-order chi connectivity index (χ0) is 7.56. The molecule has 0 spiro atoms. The minimum Gasteiger partial charge on any atom is -0.326 e. The summed E-state index contributed by atoms with van der Waals surface area (Å²) in [7, 11) is 0. The first-order valence-corrected chi connectivity index (χ1v) is 3.54. The molecule has 0 saturated carbocycles. The van der Waals surface area contributed by atoms with Crippen LogP contribution in [0, 0.1) is 5.95 Å². The largest absolute Gasteiger partial charge is 0.326 e. The van der Waals surface area contributed by atoms with E-state index in [1.807, 2.05) is 0 Å². The number of nitrogens with zero attached hydrogens (tertiary/aromatic N) is 1. The van der Waals surface area contributed by atoms with Gasteiger partial charge in [0.1, 0.15) is 4.60 Å². The third kappa shape index (κ3) is 2.73. The third-order valence-electron chi connectivity index (χ3n) is 1.11. The second-order valence-electron chi connectivity index (χ2n) is 1.79. The molecule has 0 bridgehead atoms. The number of pyridine rings is 1. The van der Waals surface area contributed by atoms with Crippen LogP contribution in [0.25, 0.3) is 0 Å². The molecule has 0 amide bonds. The number of halogens is 3. The molecule has 1 heterocycles. The van der Waals surface area contributed by atoms with Crippen LogP contribution in [0.1, 0.15) is 5.56 Å². The average molecular weight is 241 g/mol. The van der Waals surface area contributed by atoms with Crippen molar-refractivity contribution in [2.75, 3.05) is 0 Å². The quantitative estimate of drug-likeness (QED) is 0.762. The fourth-order valence-electron chi connectivity index (χ4n) is 0.593. The molecule has 5 heteroatoms. The molecule has 0 aliphatic heterocycles. The fraction of sp³-hybridized carbons (Fsp3) is 0.167. The van der Waals surface area contributed by atoms with Crippen molar-refractivity contribution in [1.29, 1.82) is 0 Å². The lowest BCUT2D eigenvalue weighted by atomic mass is 10.3. The molecule has 0 saturated heterocycles. The van der Waals surface area contributed by atoms with Gasteiger partial charge in [0.15, 0.2) is 0 Å². The predicted octanol–water partition coefficient (Wildman–Crippen LogP) is 1.86. The van der Waals surface area contributed by atoms with Crippen molar-refractivity contribution in [2.45, 2.75) is 6.54 Å². The molecule has 0 aliphatic carbocycles. The van der Waals surface area contributed by atoms with Crippen LogP contribution in [-0.2, 0) is 6.54 Å². The van der Waals surface area contributed by atoms with Crippen LogP contribution in [0.15, 0.2) is 16.7 Å². The van der Waals surface area contributed by atoms with E-state index in [2.05, 4.69) is 20.9 Å². The summed E-state index contributed by atoms with van der Waals surface area (Å²) in [6, 6.07) is 3.26. The van der Waals surface area contributed by atoms with Crippen molar-refractivity contribution in [3.8, 4) is 0 Å². The van der Waals surface area contributed by atoms with Crippen LogP contribution in [0.2, 0.25) is 0 Å². The Hall–Kier alpha value is -0.190. The molecule has 0 atom stereocenters. The standard InChI is InChI=1S/C6H6BrFN2.ClH/c7-5-2-1-4(3-9)6(8)10-5;/h1-2H,3,9H2;1H. The lowest BCUT2D eigenvalue weighted by Crippen LogP contribution is -2.01. The van der Waals surface area contributed by atoms with Gasteiger partial charge in [0.05, 0.1) is 0 Å². The molecule has 0 aliphatic rings. The van der Waals surface area contributed by atoms with Crippen LogP contribution < -0.4 is 5.73 Å². The van der Waals surface area contributed by atoms with Gasteiger partial charge in [-0.15, -0.1) is 12.4 Å². The Morgan fingerprint density at radius 2 is 2.18 bits per heavy atom. The van der Waals surface area contributed by atoms with Crippen LogP contribution in [0.4, 0.5) is 4.39 Å². The Kier molecular flexibility index (Phi) is 4.56. The Labute approximate surface area is 78.5 Å². The summed E-state index contributed by atoms with van der Waals surface area (Å²) in [5, 5.41) is 0. The van der Waals surface area contributed by atoms with Gasteiger partial charge in [0.2, 0.25) is 5.95 Å². The summed E-state index contributed by atoms with van der Waals surface area (Å²) in [5.74, 6) is -0.503. The number of hydrogen-bond donors (Lipinski definition) is 1. The van der Waals surface area contributed by atoms with Crippen molar-refractivity contribution in [2.24, 2.45) is 5.73 Å². The minimum atomic E-state index is -0.503. The van der Waals surface area contributed by atoms with E-state index in [1.165, 1.54) is 0 Å². The van der Waals surface area contributed by atoms with E-state index in [-0.39, 0.29) is 19.0 Å². The van der Waals surface area contributed by atoms with Crippen molar-refractivity contribution in [3.05, 3.63) is 28.2 Å². The van der Waals surface area contributed by atoms with Crippen molar-refractivity contribution in [1.82, 2.24) is 4.98 Å². The van der Waals surface area contributed by atoms with E-state index >= 15 is 0 Å². The van der Waals surface area contributed by atoms with Gasteiger partial charge in [0.25, 0.3) is 0 Å². The minimum absolute atomic E-state index is 0. The maximum atomic E-state index is 12.6. The topological polar surface area (TPSA) is 38.9 Å². The van der Waals surface area contributed by atoms with Crippen LogP contribution in [-0.4, -0.2) is 4.98 Å². The molecule has 1 rings (SSSR count). The molecule has 2 N–H and O–H groups in total. The van der Waals surface area contributed by atoms with Crippen molar-refractivity contribution in [3.63, 3.8) is 0 Å². The Balaban J connectivity index is 0.000001000. The molecule has 0 radical (unpaired) electrons. The van der Waals surface area contributed by atoms with Crippen LogP contribution in [0.5, 0.6) is 0 Å². The van der Waals surface area contributed by atoms with E-state index in [9.17, 15) is 4.39 Å². The summed E-state index contributed by atoms with van der Waals surface area (Å²) >= 11 is 3.03. The average Bonchev–Trinajstić information content (AvgIpc) is 1.88. The normalized spacial score (nSPS) is 9.00. The van der Waals surface area contributed by atoms with Crippen molar-refractivity contribution < 1.29 is 4.39 Å². The maximum Gasteiger partial charge on any atom is 0.218 e. The molecule has 62 valence electrons. The Morgan fingerprint density at radius 1 is 1.55 bits per heavy atom. The van der Waals surface area contributed by atoms with Gasteiger partial charge in [-0.3, -0.25) is 0 Å².